The molecule has 1 fully saturated rings. The number of rotatable bonds is 2. The first-order valence-corrected chi connectivity index (χ1v) is 4.95. The molecule has 4 heteroatoms. The molecule has 0 bridgehead atoms. The third-order valence-electron chi connectivity index (χ3n) is 2.59. The predicted octanol–water partition coefficient (Wildman–Crippen LogP) is 1.000. The normalized spacial score (nSPS) is 24.3. The molecule has 16 heavy (non-hydrogen) atoms. The number of hydrogen-bond acceptors (Lipinski definition) is 4. The molecular weight excluding hydrogens is 208 g/mol. The second-order valence-corrected chi connectivity index (χ2v) is 3.68. The number of esters is 1. The van der Waals surface area contributed by atoms with Gasteiger partial charge in [0.1, 0.15) is 12.0 Å². The molecule has 0 radical (unpaired) electrons. The fourth-order valence-corrected chi connectivity index (χ4v) is 1.75. The van der Waals surface area contributed by atoms with Crippen molar-refractivity contribution in [1.29, 1.82) is 0 Å². The highest BCUT2D eigenvalue weighted by Crippen LogP contribution is 2.22. The molecule has 2 unspecified atom stereocenters. The number of Topliss-reactive ketones (excluding diaryl/α,β-unsaturated/α-hetero) is 2. The van der Waals surface area contributed by atoms with E-state index in [-0.39, 0.29) is 5.78 Å². The summed E-state index contributed by atoms with van der Waals surface area (Å²) < 4.78 is 4.72. The van der Waals surface area contributed by atoms with Crippen LogP contribution in [0, 0.1) is 5.92 Å². The zero-order chi connectivity index (χ0) is 11.7. The number of cyclic esters (lactones) is 1. The average molecular weight is 218 g/mol. The van der Waals surface area contributed by atoms with E-state index in [1.54, 1.807) is 37.3 Å². The Labute approximate surface area is 92.2 Å². The maximum absolute atomic E-state index is 12.0. The maximum atomic E-state index is 12.0. The fourth-order valence-electron chi connectivity index (χ4n) is 1.75. The van der Waals surface area contributed by atoms with Crippen molar-refractivity contribution in [2.45, 2.75) is 13.0 Å². The lowest BCUT2D eigenvalue weighted by atomic mass is 9.91. The van der Waals surface area contributed by atoms with Crippen molar-refractivity contribution in [2.24, 2.45) is 5.92 Å². The van der Waals surface area contributed by atoms with Crippen LogP contribution >= 0.6 is 0 Å². The first-order chi connectivity index (χ1) is 7.61. The van der Waals surface area contributed by atoms with Crippen molar-refractivity contribution in [3.8, 4) is 0 Å². The fraction of sp³-hybridized carbons (Fsp3) is 0.250. The lowest BCUT2D eigenvalue weighted by molar-refractivity contribution is -0.148. The van der Waals surface area contributed by atoms with Crippen molar-refractivity contribution < 1.29 is 19.1 Å². The van der Waals surface area contributed by atoms with Crippen LogP contribution in [0.1, 0.15) is 17.3 Å². The molecular formula is C12H10O4. The highest BCUT2D eigenvalue weighted by Gasteiger charge is 2.45. The van der Waals surface area contributed by atoms with E-state index >= 15 is 0 Å². The van der Waals surface area contributed by atoms with Crippen LogP contribution in [-0.4, -0.2) is 23.6 Å². The van der Waals surface area contributed by atoms with Gasteiger partial charge < -0.3 is 4.74 Å². The van der Waals surface area contributed by atoms with Gasteiger partial charge >= 0.3 is 5.97 Å². The Morgan fingerprint density at radius 3 is 2.31 bits per heavy atom. The summed E-state index contributed by atoms with van der Waals surface area (Å²) in [5, 5.41) is 0. The summed E-state index contributed by atoms with van der Waals surface area (Å²) >= 11 is 0. The lowest BCUT2D eigenvalue weighted by Crippen LogP contribution is -2.28. The van der Waals surface area contributed by atoms with Crippen LogP contribution in [0.4, 0.5) is 0 Å². The minimum absolute atomic E-state index is 0.357. The largest absolute Gasteiger partial charge is 0.456 e. The van der Waals surface area contributed by atoms with Gasteiger partial charge in [-0.15, -0.1) is 0 Å². The number of benzene rings is 1. The molecule has 0 aliphatic carbocycles. The number of carbonyl (C=O) groups excluding carboxylic acids is 3. The monoisotopic (exact) mass is 218 g/mol. The zero-order valence-electron chi connectivity index (χ0n) is 8.67. The summed E-state index contributed by atoms with van der Waals surface area (Å²) in [6, 6.07) is 8.43. The smallest absolute Gasteiger partial charge is 0.375 e. The second kappa shape index (κ2) is 3.89. The Kier molecular flexibility index (Phi) is 2.56. The molecule has 0 N–H and O–H groups in total. The average Bonchev–Trinajstić information content (AvgIpc) is 2.54. The van der Waals surface area contributed by atoms with E-state index in [0.717, 1.165) is 0 Å². The molecule has 4 nitrogen and oxygen atoms in total. The molecule has 1 aromatic rings. The summed E-state index contributed by atoms with van der Waals surface area (Å²) in [6.45, 7) is 1.55. The molecule has 1 aliphatic heterocycles. The van der Waals surface area contributed by atoms with Crippen LogP contribution < -0.4 is 0 Å². The molecule has 82 valence electrons. The van der Waals surface area contributed by atoms with E-state index in [9.17, 15) is 14.4 Å². The molecule has 0 spiro atoms. The predicted molar refractivity (Wildman–Crippen MR) is 54.8 cm³/mol. The maximum Gasteiger partial charge on any atom is 0.375 e. The van der Waals surface area contributed by atoms with Gasteiger partial charge in [0.15, 0.2) is 5.78 Å². The highest BCUT2D eigenvalue weighted by molar-refractivity contribution is 6.41. The Morgan fingerprint density at radius 1 is 1.19 bits per heavy atom. The molecule has 1 aromatic carbocycles. The van der Waals surface area contributed by atoms with Gasteiger partial charge in [0, 0.05) is 5.56 Å². The molecule has 2 rings (SSSR count). The SMILES string of the molecule is CC1OC(=O)C(=O)C1C(=O)c1ccccc1. The minimum atomic E-state index is -0.991. The molecule has 0 aromatic heterocycles. The summed E-state index contributed by atoms with van der Waals surface area (Å²) in [5.41, 5.74) is 0.422. The summed E-state index contributed by atoms with van der Waals surface area (Å²) in [6.07, 6.45) is -0.673. The van der Waals surface area contributed by atoms with Gasteiger partial charge in [0.25, 0.3) is 5.78 Å². The van der Waals surface area contributed by atoms with Gasteiger partial charge in [0.05, 0.1) is 0 Å². The summed E-state index contributed by atoms with van der Waals surface area (Å²) in [4.78, 5) is 34.4. The Bertz CT molecular complexity index is 449. The van der Waals surface area contributed by atoms with E-state index in [0.29, 0.717) is 5.56 Å². The van der Waals surface area contributed by atoms with Crippen LogP contribution in [-0.2, 0) is 14.3 Å². The van der Waals surface area contributed by atoms with Crippen LogP contribution in [0.2, 0.25) is 0 Å². The number of hydrogen-bond donors (Lipinski definition) is 0. The molecule has 1 heterocycles. The molecule has 2 atom stereocenters. The van der Waals surface area contributed by atoms with E-state index < -0.39 is 23.8 Å². The molecule has 1 aliphatic rings. The van der Waals surface area contributed by atoms with Gasteiger partial charge in [-0.1, -0.05) is 30.3 Å². The second-order valence-electron chi connectivity index (χ2n) is 3.68. The van der Waals surface area contributed by atoms with E-state index in [1.807, 2.05) is 0 Å². The molecule has 0 amide bonds. The van der Waals surface area contributed by atoms with Crippen LogP contribution in [0.5, 0.6) is 0 Å². The lowest BCUT2D eigenvalue weighted by Gasteiger charge is -2.09. The van der Waals surface area contributed by atoms with E-state index in [2.05, 4.69) is 0 Å². The van der Waals surface area contributed by atoms with Gasteiger partial charge in [-0.25, -0.2) is 4.79 Å². The van der Waals surface area contributed by atoms with Gasteiger partial charge in [-0.2, -0.15) is 0 Å². The standard InChI is InChI=1S/C12H10O4/c1-7-9(11(14)12(15)16-7)10(13)8-5-3-2-4-6-8/h2-7,9H,1H3. The van der Waals surface area contributed by atoms with Crippen molar-refractivity contribution in [3.63, 3.8) is 0 Å². The third kappa shape index (κ3) is 1.62. The Morgan fingerprint density at radius 2 is 1.81 bits per heavy atom. The summed E-state index contributed by atoms with van der Waals surface area (Å²) in [7, 11) is 0. The highest BCUT2D eigenvalue weighted by atomic mass is 16.6. The van der Waals surface area contributed by atoms with Gasteiger partial charge in [0.2, 0.25) is 0 Å². The number of ketones is 2. The Balaban J connectivity index is 2.30. The first-order valence-electron chi connectivity index (χ1n) is 4.95. The quantitative estimate of drug-likeness (QED) is 0.321. The van der Waals surface area contributed by atoms with Crippen LogP contribution in [0.15, 0.2) is 30.3 Å². The first kappa shape index (κ1) is 10.5. The van der Waals surface area contributed by atoms with Crippen molar-refractivity contribution >= 4 is 17.5 Å². The van der Waals surface area contributed by atoms with Gasteiger partial charge in [-0.05, 0) is 6.92 Å². The molecule has 1 saturated heterocycles. The molecule has 0 saturated carbocycles. The zero-order valence-corrected chi connectivity index (χ0v) is 8.67. The van der Waals surface area contributed by atoms with Gasteiger partial charge in [-0.3, -0.25) is 9.59 Å². The third-order valence-corrected chi connectivity index (χ3v) is 2.59. The number of ether oxygens (including phenoxy) is 1. The topological polar surface area (TPSA) is 60.4 Å². The van der Waals surface area contributed by atoms with Crippen molar-refractivity contribution in [1.82, 2.24) is 0 Å². The van der Waals surface area contributed by atoms with Crippen LogP contribution in [0.3, 0.4) is 0 Å². The van der Waals surface area contributed by atoms with E-state index in [1.165, 1.54) is 0 Å². The van der Waals surface area contributed by atoms with Crippen molar-refractivity contribution in [2.75, 3.05) is 0 Å². The van der Waals surface area contributed by atoms with Crippen molar-refractivity contribution in [3.05, 3.63) is 35.9 Å². The van der Waals surface area contributed by atoms with E-state index in [4.69, 9.17) is 4.74 Å². The minimum Gasteiger partial charge on any atom is -0.456 e. The van der Waals surface area contributed by atoms with Crippen LogP contribution in [0.25, 0.3) is 0 Å². The summed E-state index contributed by atoms with van der Waals surface area (Å²) in [5.74, 6) is -3.01. The Hall–Kier alpha value is -1.97. The number of carbonyl (C=O) groups is 3.